The van der Waals surface area contributed by atoms with Gasteiger partial charge in [-0.05, 0) is 29.7 Å². The van der Waals surface area contributed by atoms with Gasteiger partial charge in [-0.3, -0.25) is 14.4 Å². The zero-order chi connectivity index (χ0) is 27.4. The van der Waals surface area contributed by atoms with E-state index in [1.54, 1.807) is 6.92 Å². The van der Waals surface area contributed by atoms with Crippen molar-refractivity contribution in [1.82, 2.24) is 0 Å². The number of rotatable bonds is 5. The molecule has 0 spiro atoms. The molecule has 2 bridgehead atoms. The molecule has 0 saturated heterocycles. The zero-order valence-electron chi connectivity index (χ0n) is 22.4. The highest BCUT2D eigenvalue weighted by Gasteiger charge is 3.01. The summed E-state index contributed by atoms with van der Waals surface area (Å²) in [5, 5.41) is 35.3. The van der Waals surface area contributed by atoms with Crippen molar-refractivity contribution in [2.75, 3.05) is 6.61 Å². The lowest BCUT2D eigenvalue weighted by molar-refractivity contribution is -0.232. The van der Waals surface area contributed by atoms with Gasteiger partial charge in [-0.1, -0.05) is 58.0 Å². The van der Waals surface area contributed by atoms with Crippen LogP contribution in [0, 0.1) is 51.8 Å². The number of Topliss-reactive ketones (excluding diaryl/α,β-unsaturated/α-hetero) is 1. The first-order chi connectivity index (χ1) is 17.7. The predicted octanol–water partition coefficient (Wildman–Crippen LogP) is 1.67. The van der Waals surface area contributed by atoms with Crippen LogP contribution in [0.2, 0.25) is 0 Å². The second-order valence-corrected chi connectivity index (χ2v) is 13.8. The minimum atomic E-state index is -1.74. The number of aliphatic hydroxyl groups excluding tert-OH is 1. The summed E-state index contributed by atoms with van der Waals surface area (Å²) >= 11 is 0. The first-order valence-corrected chi connectivity index (χ1v) is 13.7. The van der Waals surface area contributed by atoms with Crippen LogP contribution in [-0.2, 0) is 30.3 Å². The Hall–Kier alpha value is -2.29. The van der Waals surface area contributed by atoms with Gasteiger partial charge in [0.1, 0.15) is 11.7 Å². The van der Waals surface area contributed by atoms with Crippen LogP contribution in [0.5, 0.6) is 0 Å². The summed E-state index contributed by atoms with van der Waals surface area (Å²) < 4.78 is 12.3. The van der Waals surface area contributed by atoms with Gasteiger partial charge >= 0.3 is 11.9 Å². The first-order valence-electron chi connectivity index (χ1n) is 13.7. The van der Waals surface area contributed by atoms with Gasteiger partial charge in [0.15, 0.2) is 11.4 Å². The summed E-state index contributed by atoms with van der Waals surface area (Å²) in [6, 6.07) is 9.20. The zero-order valence-corrected chi connectivity index (χ0v) is 22.4. The van der Waals surface area contributed by atoms with Crippen molar-refractivity contribution in [1.29, 1.82) is 0 Å². The van der Waals surface area contributed by atoms with E-state index in [0.717, 1.165) is 5.56 Å². The van der Waals surface area contributed by atoms with Crippen molar-refractivity contribution >= 4 is 17.7 Å². The Labute approximate surface area is 221 Å². The monoisotopic (exact) mass is 524 g/mol. The van der Waals surface area contributed by atoms with Crippen molar-refractivity contribution in [3.05, 3.63) is 35.9 Å². The molecule has 0 heterocycles. The molecule has 0 unspecified atom stereocenters. The highest BCUT2D eigenvalue weighted by atomic mass is 16.6. The van der Waals surface area contributed by atoms with Crippen molar-refractivity contribution in [2.24, 2.45) is 51.8 Å². The summed E-state index contributed by atoms with van der Waals surface area (Å²) in [5.41, 5.74) is -6.03. The maximum atomic E-state index is 13.6. The number of ketones is 1. The standard InChI is InChI=1S/C30H36O8/c1-14-23(37-17(33)11-16-9-7-6-8-10-16)30(38-15(2)32)21(25(30,3)4)20-18-19-22(29(14,20)36)28(35)12-27(18,13-31)26(19,5)24(28)34/h6-10,14,18-23,31,35-36H,11-13H2,1-5H3/t14-,18+,19-,20+,21-,22-,23-,26-,27+,28+,29-,30-/m1/s1. The van der Waals surface area contributed by atoms with Gasteiger partial charge < -0.3 is 24.8 Å². The molecule has 6 saturated carbocycles. The number of ether oxygens (including phenoxy) is 2. The average molecular weight is 525 g/mol. The molecule has 0 aliphatic heterocycles. The van der Waals surface area contributed by atoms with E-state index >= 15 is 0 Å². The smallest absolute Gasteiger partial charge is 0.310 e. The molecular weight excluding hydrogens is 488 g/mol. The Morgan fingerprint density at radius 3 is 2.26 bits per heavy atom. The largest absolute Gasteiger partial charge is 0.457 e. The number of carbonyl (C=O) groups is 3. The molecule has 12 atom stereocenters. The van der Waals surface area contributed by atoms with E-state index in [0.29, 0.717) is 0 Å². The Morgan fingerprint density at radius 2 is 1.68 bits per heavy atom. The summed E-state index contributed by atoms with van der Waals surface area (Å²) in [5.74, 6) is -4.00. The molecular formula is C30H36O8. The van der Waals surface area contributed by atoms with Gasteiger partial charge in [-0.15, -0.1) is 0 Å². The molecule has 3 N–H and O–H groups in total. The van der Waals surface area contributed by atoms with Crippen molar-refractivity contribution in [2.45, 2.75) is 70.4 Å². The average Bonchev–Trinajstić information content (AvgIpc) is 3.07. The van der Waals surface area contributed by atoms with E-state index in [-0.39, 0.29) is 43.0 Å². The van der Waals surface area contributed by atoms with E-state index in [4.69, 9.17) is 9.47 Å². The fourth-order valence-corrected chi connectivity index (χ4v) is 11.5. The van der Waals surface area contributed by atoms with Crippen LogP contribution in [0.15, 0.2) is 30.3 Å². The molecule has 204 valence electrons. The molecule has 0 amide bonds. The molecule has 6 aliphatic rings. The highest BCUT2D eigenvalue weighted by molar-refractivity contribution is 6.01. The maximum Gasteiger partial charge on any atom is 0.310 e. The summed E-state index contributed by atoms with van der Waals surface area (Å²) in [6.45, 7) is 8.66. The third kappa shape index (κ3) is 2.14. The number of aliphatic hydroxyl groups is 3. The third-order valence-electron chi connectivity index (χ3n) is 12.6. The summed E-state index contributed by atoms with van der Waals surface area (Å²) in [7, 11) is 0. The van der Waals surface area contributed by atoms with Crippen LogP contribution in [0.25, 0.3) is 0 Å². The van der Waals surface area contributed by atoms with Crippen LogP contribution < -0.4 is 0 Å². The van der Waals surface area contributed by atoms with E-state index in [9.17, 15) is 29.7 Å². The van der Waals surface area contributed by atoms with Crippen LogP contribution in [0.1, 0.15) is 46.6 Å². The van der Waals surface area contributed by atoms with Crippen LogP contribution in [0.3, 0.4) is 0 Å². The lowest BCUT2D eigenvalue weighted by atomic mass is 9.37. The molecule has 38 heavy (non-hydrogen) atoms. The molecule has 6 aliphatic carbocycles. The topological polar surface area (TPSA) is 130 Å². The molecule has 0 radical (unpaired) electrons. The number of hydrogen-bond acceptors (Lipinski definition) is 8. The quantitative estimate of drug-likeness (QED) is 0.496. The van der Waals surface area contributed by atoms with E-state index < -0.39 is 68.8 Å². The van der Waals surface area contributed by atoms with Crippen molar-refractivity contribution in [3.63, 3.8) is 0 Å². The Bertz CT molecular complexity index is 1290. The Morgan fingerprint density at radius 1 is 1.03 bits per heavy atom. The highest BCUT2D eigenvalue weighted by Crippen LogP contribution is 2.93. The normalized spacial score (nSPS) is 53.6. The lowest BCUT2D eigenvalue weighted by Crippen LogP contribution is -2.66. The molecule has 1 aromatic carbocycles. The van der Waals surface area contributed by atoms with Gasteiger partial charge in [-0.25, -0.2) is 0 Å². The Kier molecular flexibility index (Phi) is 4.36. The summed E-state index contributed by atoms with van der Waals surface area (Å²) in [4.78, 5) is 39.4. The maximum absolute atomic E-state index is 13.6. The van der Waals surface area contributed by atoms with Gasteiger partial charge in [0, 0.05) is 40.9 Å². The third-order valence-corrected chi connectivity index (χ3v) is 12.6. The minimum absolute atomic E-state index is 0.0238. The molecule has 7 rings (SSSR count). The molecule has 8 nitrogen and oxygen atoms in total. The molecule has 6 fully saturated rings. The molecule has 0 aromatic heterocycles. The van der Waals surface area contributed by atoms with Crippen molar-refractivity contribution < 1.29 is 39.2 Å². The fourth-order valence-electron chi connectivity index (χ4n) is 11.5. The van der Waals surface area contributed by atoms with Gasteiger partial charge in [0.2, 0.25) is 0 Å². The second kappa shape index (κ2) is 6.70. The fraction of sp³-hybridized carbons (Fsp3) is 0.700. The lowest BCUT2D eigenvalue weighted by Gasteiger charge is -2.65. The minimum Gasteiger partial charge on any atom is -0.457 e. The SMILES string of the molecule is CC(=O)O[C@@]12[C@H](OC(=O)Cc3ccccc3)[C@@H](C)[C@@]3(O)[C@@H]([C@@H]4[C@@H]5[C@@H]3[C@@]3(O)C[C@@]4(CO)[C@@]5(C)C3=O)[C@@H]1C2(C)C. The molecule has 1 aromatic rings. The Balaban J connectivity index is 1.35. The number of carbonyl (C=O) groups excluding carboxylic acids is 3. The van der Waals surface area contributed by atoms with E-state index in [1.165, 1.54) is 6.92 Å². The predicted molar refractivity (Wildman–Crippen MR) is 132 cm³/mol. The summed E-state index contributed by atoms with van der Waals surface area (Å²) in [6.07, 6.45) is -0.820. The van der Waals surface area contributed by atoms with E-state index in [2.05, 4.69) is 0 Å². The van der Waals surface area contributed by atoms with E-state index in [1.807, 2.05) is 51.1 Å². The number of benzene rings is 1. The van der Waals surface area contributed by atoms with Crippen molar-refractivity contribution in [3.8, 4) is 0 Å². The van der Waals surface area contributed by atoms with Crippen LogP contribution in [-0.4, -0.2) is 62.6 Å². The van der Waals surface area contributed by atoms with Gasteiger partial charge in [-0.2, -0.15) is 0 Å². The van der Waals surface area contributed by atoms with Crippen LogP contribution in [0.4, 0.5) is 0 Å². The number of hydrogen-bond donors (Lipinski definition) is 3. The first kappa shape index (κ1) is 24.7. The molecule has 8 heteroatoms. The van der Waals surface area contributed by atoms with Gasteiger partial charge in [0.25, 0.3) is 0 Å². The number of fused-ring (bicyclic) bond motifs is 8. The number of esters is 2. The second-order valence-electron chi connectivity index (χ2n) is 13.8. The van der Waals surface area contributed by atoms with Gasteiger partial charge in [0.05, 0.1) is 18.6 Å². The van der Waals surface area contributed by atoms with Crippen LogP contribution >= 0.6 is 0 Å².